The van der Waals surface area contributed by atoms with Crippen LogP contribution >= 0.6 is 0 Å². The van der Waals surface area contributed by atoms with Gasteiger partial charge in [-0.05, 0) is 33.6 Å². The maximum absolute atomic E-state index is 13.0. The van der Waals surface area contributed by atoms with Crippen molar-refractivity contribution >= 4 is 12.1 Å². The highest BCUT2D eigenvalue weighted by molar-refractivity contribution is 5.73. The van der Waals surface area contributed by atoms with Crippen LogP contribution in [-0.2, 0) is 27.2 Å². The molecule has 0 spiro atoms. The van der Waals surface area contributed by atoms with Crippen LogP contribution in [-0.4, -0.2) is 51.8 Å². The van der Waals surface area contributed by atoms with Crippen molar-refractivity contribution in [3.8, 4) is 17.3 Å². The second-order valence-corrected chi connectivity index (χ2v) is 8.37. The molecule has 32 heavy (non-hydrogen) atoms. The number of aromatic nitrogens is 4. The maximum Gasteiger partial charge on any atom is 0.407 e. The van der Waals surface area contributed by atoms with E-state index in [2.05, 4.69) is 25.3 Å². The molecule has 0 saturated heterocycles. The number of hydrogen-bond acceptors (Lipinski definition) is 9. The number of carbonyl (C=O) groups excluding carboxylic acids is 2. The summed E-state index contributed by atoms with van der Waals surface area (Å²) in [6.45, 7) is 5.00. The third-order valence-electron chi connectivity index (χ3n) is 4.68. The molecule has 11 heteroatoms. The van der Waals surface area contributed by atoms with Gasteiger partial charge in [0.25, 0.3) is 5.56 Å². The van der Waals surface area contributed by atoms with E-state index in [1.54, 1.807) is 20.8 Å². The minimum Gasteiger partial charge on any atom is -0.480 e. The van der Waals surface area contributed by atoms with Crippen LogP contribution in [0.15, 0.2) is 11.1 Å². The van der Waals surface area contributed by atoms with E-state index in [-0.39, 0.29) is 41.8 Å². The third kappa shape index (κ3) is 5.59. The van der Waals surface area contributed by atoms with Crippen molar-refractivity contribution in [2.75, 3.05) is 14.2 Å². The molecule has 1 fully saturated rings. The zero-order valence-corrected chi connectivity index (χ0v) is 18.8. The Morgan fingerprint density at radius 1 is 1.22 bits per heavy atom. The van der Waals surface area contributed by atoms with Gasteiger partial charge in [0.15, 0.2) is 0 Å². The summed E-state index contributed by atoms with van der Waals surface area (Å²) in [6.07, 6.45) is 2.38. The summed E-state index contributed by atoms with van der Waals surface area (Å²) in [5, 5.41) is 2.53. The van der Waals surface area contributed by atoms with Gasteiger partial charge in [0, 0.05) is 5.92 Å². The number of H-pyrrole nitrogens is 1. The van der Waals surface area contributed by atoms with Crippen LogP contribution in [0.4, 0.5) is 4.79 Å². The molecule has 1 amide bonds. The fourth-order valence-corrected chi connectivity index (χ4v) is 3.10. The van der Waals surface area contributed by atoms with E-state index in [4.69, 9.17) is 14.2 Å². The lowest BCUT2D eigenvalue weighted by molar-refractivity contribution is -0.139. The fraction of sp³-hybridized carbons (Fsp3) is 0.524. The van der Waals surface area contributed by atoms with E-state index in [0.29, 0.717) is 5.56 Å². The molecule has 2 N–H and O–H groups in total. The molecule has 2 aromatic heterocycles. The average molecular weight is 445 g/mol. The summed E-state index contributed by atoms with van der Waals surface area (Å²) in [5.41, 5.74) is 0.276. The third-order valence-corrected chi connectivity index (χ3v) is 4.68. The van der Waals surface area contributed by atoms with Gasteiger partial charge in [-0.25, -0.2) is 19.7 Å². The minimum absolute atomic E-state index is 0.119. The van der Waals surface area contributed by atoms with Gasteiger partial charge in [-0.1, -0.05) is 0 Å². The SMILES string of the molecule is COC(=O)Cc1nc(-c2c(OC)ncnc2C2CC2)[nH]c(=O)c1CNC(=O)OC(C)(C)C. The number of nitrogens with one attached hydrogen (secondary N) is 2. The van der Waals surface area contributed by atoms with Gasteiger partial charge in [-0.2, -0.15) is 0 Å². The zero-order chi connectivity index (χ0) is 23.5. The van der Waals surface area contributed by atoms with E-state index in [1.807, 2.05) is 0 Å². The van der Waals surface area contributed by atoms with Crippen molar-refractivity contribution in [3.05, 3.63) is 33.6 Å². The molecule has 0 bridgehead atoms. The number of methoxy groups -OCH3 is 2. The number of alkyl carbamates (subject to hydrolysis) is 1. The number of rotatable bonds is 7. The Hall–Kier alpha value is -3.50. The summed E-state index contributed by atoms with van der Waals surface area (Å²) >= 11 is 0. The van der Waals surface area contributed by atoms with Gasteiger partial charge in [-0.15, -0.1) is 0 Å². The van der Waals surface area contributed by atoms with Gasteiger partial charge in [-0.3, -0.25) is 9.59 Å². The van der Waals surface area contributed by atoms with Crippen molar-refractivity contribution < 1.29 is 23.8 Å². The number of carbonyl (C=O) groups is 2. The van der Waals surface area contributed by atoms with Gasteiger partial charge < -0.3 is 24.5 Å². The Kier molecular flexibility index (Phi) is 6.75. The molecule has 1 aliphatic carbocycles. The molecule has 2 aromatic rings. The van der Waals surface area contributed by atoms with E-state index >= 15 is 0 Å². The summed E-state index contributed by atoms with van der Waals surface area (Å²) in [5.74, 6) is 0.110. The zero-order valence-electron chi connectivity index (χ0n) is 18.8. The second-order valence-electron chi connectivity index (χ2n) is 8.37. The molecule has 0 unspecified atom stereocenters. The maximum atomic E-state index is 13.0. The molecule has 3 rings (SSSR count). The van der Waals surface area contributed by atoms with Crippen LogP contribution in [0.5, 0.6) is 5.88 Å². The molecule has 0 aliphatic heterocycles. The van der Waals surface area contributed by atoms with Crippen LogP contribution in [0.3, 0.4) is 0 Å². The lowest BCUT2D eigenvalue weighted by Gasteiger charge is -2.20. The van der Waals surface area contributed by atoms with Crippen molar-refractivity contribution in [2.45, 2.75) is 58.1 Å². The van der Waals surface area contributed by atoms with Gasteiger partial charge in [0.1, 0.15) is 23.3 Å². The molecule has 172 valence electrons. The standard InChI is InChI=1S/C21H27N5O6/c1-21(2,3)32-20(29)22-9-12-13(8-14(27)30-4)25-17(26-18(12)28)15-16(11-6-7-11)23-10-24-19(15)31-5/h10-11H,6-9H2,1-5H3,(H,22,29)(H,25,26,28). The lowest BCUT2D eigenvalue weighted by Crippen LogP contribution is -2.34. The van der Waals surface area contributed by atoms with E-state index in [1.165, 1.54) is 20.5 Å². The summed E-state index contributed by atoms with van der Waals surface area (Å²) in [7, 11) is 2.71. The van der Waals surface area contributed by atoms with Gasteiger partial charge >= 0.3 is 12.1 Å². The highest BCUT2D eigenvalue weighted by Crippen LogP contribution is 2.44. The molecule has 0 aromatic carbocycles. The molecular formula is C21H27N5O6. The first-order valence-electron chi connectivity index (χ1n) is 10.2. The van der Waals surface area contributed by atoms with Crippen molar-refractivity contribution in [2.24, 2.45) is 0 Å². The van der Waals surface area contributed by atoms with Crippen LogP contribution < -0.4 is 15.6 Å². The van der Waals surface area contributed by atoms with Crippen molar-refractivity contribution in [1.29, 1.82) is 0 Å². The highest BCUT2D eigenvalue weighted by atomic mass is 16.6. The first kappa shape index (κ1) is 23.2. The fourth-order valence-electron chi connectivity index (χ4n) is 3.10. The lowest BCUT2D eigenvalue weighted by atomic mass is 10.1. The minimum atomic E-state index is -0.698. The molecule has 0 radical (unpaired) electrons. The monoisotopic (exact) mass is 445 g/mol. The average Bonchev–Trinajstić information content (AvgIpc) is 3.56. The highest BCUT2D eigenvalue weighted by Gasteiger charge is 2.32. The first-order valence-corrected chi connectivity index (χ1v) is 10.2. The Balaban J connectivity index is 2.02. The van der Waals surface area contributed by atoms with E-state index < -0.39 is 23.2 Å². The Morgan fingerprint density at radius 2 is 1.94 bits per heavy atom. The first-order chi connectivity index (χ1) is 15.1. The van der Waals surface area contributed by atoms with Gasteiger partial charge in [0.05, 0.1) is 44.1 Å². The topological polar surface area (TPSA) is 145 Å². The molecular weight excluding hydrogens is 418 g/mol. The van der Waals surface area contributed by atoms with Crippen molar-refractivity contribution in [1.82, 2.24) is 25.3 Å². The Bertz CT molecular complexity index is 1070. The molecule has 2 heterocycles. The van der Waals surface area contributed by atoms with Crippen LogP contribution in [0, 0.1) is 0 Å². The molecule has 0 atom stereocenters. The normalized spacial score (nSPS) is 13.4. The molecule has 11 nitrogen and oxygen atoms in total. The number of aromatic amines is 1. The largest absolute Gasteiger partial charge is 0.480 e. The quantitative estimate of drug-likeness (QED) is 0.610. The van der Waals surface area contributed by atoms with Crippen LogP contribution in [0.2, 0.25) is 0 Å². The number of ether oxygens (including phenoxy) is 3. The van der Waals surface area contributed by atoms with E-state index in [0.717, 1.165) is 18.5 Å². The second kappa shape index (κ2) is 9.33. The Labute approximate surface area is 184 Å². The van der Waals surface area contributed by atoms with Crippen LogP contribution in [0.25, 0.3) is 11.4 Å². The summed E-state index contributed by atoms with van der Waals surface area (Å²) < 4.78 is 15.3. The van der Waals surface area contributed by atoms with E-state index in [9.17, 15) is 14.4 Å². The predicted octanol–water partition coefficient (Wildman–Crippen LogP) is 1.85. The number of amides is 1. The van der Waals surface area contributed by atoms with Gasteiger partial charge in [0.2, 0.25) is 5.88 Å². The van der Waals surface area contributed by atoms with Crippen molar-refractivity contribution in [3.63, 3.8) is 0 Å². The predicted molar refractivity (Wildman–Crippen MR) is 113 cm³/mol. The molecule has 1 aliphatic rings. The summed E-state index contributed by atoms with van der Waals surface area (Å²) in [4.78, 5) is 52.7. The van der Waals surface area contributed by atoms with Crippen LogP contribution in [0.1, 0.15) is 56.5 Å². The molecule has 1 saturated carbocycles. The smallest absolute Gasteiger partial charge is 0.407 e. The summed E-state index contributed by atoms with van der Waals surface area (Å²) in [6, 6.07) is 0. The number of nitrogens with zero attached hydrogens (tertiary/aromatic N) is 3. The number of esters is 1. The Morgan fingerprint density at radius 3 is 2.53 bits per heavy atom. The number of hydrogen-bond donors (Lipinski definition) is 2.